The normalized spacial score (nSPS) is 16.5. The number of fused-ring (bicyclic) bond motifs is 1. The molecule has 140 valence electrons. The van der Waals surface area contributed by atoms with Crippen LogP contribution >= 0.6 is 0 Å². The van der Waals surface area contributed by atoms with Gasteiger partial charge < -0.3 is 10.6 Å². The molecule has 2 heterocycles. The van der Waals surface area contributed by atoms with Crippen LogP contribution in [0.1, 0.15) is 5.56 Å². The summed E-state index contributed by atoms with van der Waals surface area (Å²) in [7, 11) is -0.960. The maximum atomic E-state index is 12.3. The number of nitrogens with zero attached hydrogens (tertiary/aromatic N) is 2. The van der Waals surface area contributed by atoms with E-state index in [4.69, 9.17) is 4.18 Å². The predicted molar refractivity (Wildman–Crippen MR) is 97.1 cm³/mol. The second-order valence-electron chi connectivity index (χ2n) is 6.20. The highest BCUT2D eigenvalue weighted by atomic mass is 32.2. The standard InChI is InChI=1S/C16H20N4O5S/c1-10-4-6-12(7-5-10)26(23,24)25-9-11-8-17-14-13(18-11)15(21)20(3)16(22)19(14)2/h4-7,11,17-18H,8-9H2,1-3H3. The Morgan fingerprint density at radius 2 is 1.81 bits per heavy atom. The lowest BCUT2D eigenvalue weighted by Gasteiger charge is -2.28. The Morgan fingerprint density at radius 3 is 2.46 bits per heavy atom. The van der Waals surface area contributed by atoms with Crippen molar-refractivity contribution in [2.75, 3.05) is 23.8 Å². The molecule has 1 aliphatic heterocycles. The highest BCUT2D eigenvalue weighted by Crippen LogP contribution is 2.21. The van der Waals surface area contributed by atoms with E-state index in [0.29, 0.717) is 12.4 Å². The summed E-state index contributed by atoms with van der Waals surface area (Å²) in [5.41, 5.74) is 0.226. The van der Waals surface area contributed by atoms with Gasteiger partial charge in [0.15, 0.2) is 0 Å². The largest absolute Gasteiger partial charge is 0.371 e. The average molecular weight is 380 g/mol. The van der Waals surface area contributed by atoms with Gasteiger partial charge in [-0.05, 0) is 19.1 Å². The summed E-state index contributed by atoms with van der Waals surface area (Å²) in [5.74, 6) is 0.371. The van der Waals surface area contributed by atoms with Crippen LogP contribution in [-0.4, -0.2) is 36.7 Å². The fraction of sp³-hybridized carbons (Fsp3) is 0.375. The van der Waals surface area contributed by atoms with Gasteiger partial charge in [-0.2, -0.15) is 8.42 Å². The minimum Gasteiger partial charge on any atom is -0.371 e. The van der Waals surface area contributed by atoms with E-state index in [9.17, 15) is 18.0 Å². The van der Waals surface area contributed by atoms with Crippen molar-refractivity contribution in [3.63, 3.8) is 0 Å². The second-order valence-corrected chi connectivity index (χ2v) is 7.82. The molecule has 1 atom stereocenters. The smallest absolute Gasteiger partial charge is 0.332 e. The second kappa shape index (κ2) is 6.61. The highest BCUT2D eigenvalue weighted by molar-refractivity contribution is 7.86. The molecule has 0 amide bonds. The first-order chi connectivity index (χ1) is 12.2. The first-order valence-electron chi connectivity index (χ1n) is 7.97. The van der Waals surface area contributed by atoms with Crippen molar-refractivity contribution < 1.29 is 12.6 Å². The van der Waals surface area contributed by atoms with E-state index in [1.54, 1.807) is 19.2 Å². The van der Waals surface area contributed by atoms with E-state index in [1.165, 1.54) is 23.7 Å². The zero-order valence-electron chi connectivity index (χ0n) is 14.6. The quantitative estimate of drug-likeness (QED) is 0.719. The number of aryl methyl sites for hydroxylation is 1. The lowest BCUT2D eigenvalue weighted by Crippen LogP contribution is -2.46. The molecule has 0 radical (unpaired) electrons. The van der Waals surface area contributed by atoms with Crippen molar-refractivity contribution in [1.82, 2.24) is 9.13 Å². The third-order valence-corrected chi connectivity index (χ3v) is 5.56. The van der Waals surface area contributed by atoms with E-state index in [1.807, 2.05) is 6.92 Å². The molecule has 26 heavy (non-hydrogen) atoms. The minimum atomic E-state index is -3.89. The lowest BCUT2D eigenvalue weighted by molar-refractivity contribution is 0.301. The Balaban J connectivity index is 1.77. The van der Waals surface area contributed by atoms with Gasteiger partial charge in [-0.3, -0.25) is 18.1 Å². The van der Waals surface area contributed by atoms with Gasteiger partial charge in [0.25, 0.3) is 15.7 Å². The maximum Gasteiger partial charge on any atom is 0.332 e. The van der Waals surface area contributed by atoms with Crippen LogP contribution in [0.25, 0.3) is 0 Å². The van der Waals surface area contributed by atoms with Crippen LogP contribution in [0.3, 0.4) is 0 Å². The number of hydrogen-bond donors (Lipinski definition) is 2. The lowest BCUT2D eigenvalue weighted by atomic mass is 10.2. The molecule has 3 rings (SSSR count). The molecule has 10 heteroatoms. The predicted octanol–water partition coefficient (Wildman–Crippen LogP) is 0.00392. The van der Waals surface area contributed by atoms with Crippen LogP contribution in [0.5, 0.6) is 0 Å². The molecule has 1 aliphatic rings. The fourth-order valence-electron chi connectivity index (χ4n) is 2.70. The van der Waals surface area contributed by atoms with Crippen LogP contribution in [0, 0.1) is 6.92 Å². The molecule has 1 aromatic heterocycles. The Labute approximate surface area is 150 Å². The van der Waals surface area contributed by atoms with Gasteiger partial charge in [-0.15, -0.1) is 0 Å². The average Bonchev–Trinajstić information content (AvgIpc) is 2.63. The number of aromatic nitrogens is 2. The zero-order chi connectivity index (χ0) is 19.1. The van der Waals surface area contributed by atoms with E-state index in [-0.39, 0.29) is 17.2 Å². The Morgan fingerprint density at radius 1 is 1.15 bits per heavy atom. The maximum absolute atomic E-state index is 12.3. The molecular formula is C16H20N4O5S. The fourth-order valence-corrected chi connectivity index (χ4v) is 3.65. The monoisotopic (exact) mass is 380 g/mol. The third kappa shape index (κ3) is 3.25. The van der Waals surface area contributed by atoms with Crippen molar-refractivity contribution in [3.8, 4) is 0 Å². The van der Waals surface area contributed by atoms with Crippen molar-refractivity contribution in [2.24, 2.45) is 14.1 Å². The minimum absolute atomic E-state index is 0.0746. The summed E-state index contributed by atoms with van der Waals surface area (Å²) >= 11 is 0. The SMILES string of the molecule is Cc1ccc(S(=O)(=O)OCC2CNc3c(c(=O)n(C)c(=O)n3C)N2)cc1. The number of rotatable bonds is 4. The topological polar surface area (TPSA) is 111 Å². The molecule has 0 fully saturated rings. The summed E-state index contributed by atoms with van der Waals surface area (Å²) < 4.78 is 32.0. The van der Waals surface area contributed by atoms with E-state index < -0.39 is 27.4 Å². The summed E-state index contributed by atoms with van der Waals surface area (Å²) in [6, 6.07) is 5.90. The van der Waals surface area contributed by atoms with Gasteiger partial charge in [-0.1, -0.05) is 17.7 Å². The van der Waals surface area contributed by atoms with Crippen molar-refractivity contribution >= 4 is 21.6 Å². The summed E-state index contributed by atoms with van der Waals surface area (Å²) in [6.07, 6.45) is 0. The van der Waals surface area contributed by atoms with Crippen LogP contribution in [0.2, 0.25) is 0 Å². The molecule has 2 N–H and O–H groups in total. The number of hydrogen-bond acceptors (Lipinski definition) is 7. The first kappa shape index (κ1) is 18.2. The van der Waals surface area contributed by atoms with Gasteiger partial charge in [0.05, 0.1) is 17.5 Å². The molecular weight excluding hydrogens is 360 g/mol. The van der Waals surface area contributed by atoms with E-state index in [0.717, 1.165) is 10.1 Å². The van der Waals surface area contributed by atoms with Crippen molar-refractivity contribution in [1.29, 1.82) is 0 Å². The summed E-state index contributed by atoms with van der Waals surface area (Å²) in [4.78, 5) is 24.3. The van der Waals surface area contributed by atoms with Crippen LogP contribution in [0.15, 0.2) is 38.8 Å². The zero-order valence-corrected chi connectivity index (χ0v) is 15.5. The van der Waals surface area contributed by atoms with E-state index >= 15 is 0 Å². The molecule has 1 aromatic carbocycles. The number of benzene rings is 1. The van der Waals surface area contributed by atoms with E-state index in [2.05, 4.69) is 10.6 Å². The highest BCUT2D eigenvalue weighted by Gasteiger charge is 2.26. The van der Waals surface area contributed by atoms with Gasteiger partial charge in [0.1, 0.15) is 11.5 Å². The Bertz CT molecular complexity index is 1050. The third-order valence-electron chi connectivity index (χ3n) is 4.26. The molecule has 1 unspecified atom stereocenters. The first-order valence-corrected chi connectivity index (χ1v) is 9.38. The Hall–Kier alpha value is -2.59. The van der Waals surface area contributed by atoms with Crippen LogP contribution < -0.4 is 21.9 Å². The molecule has 2 aromatic rings. The number of nitrogens with one attached hydrogen (secondary N) is 2. The molecule has 0 aliphatic carbocycles. The summed E-state index contributed by atoms with van der Waals surface area (Å²) in [5, 5.41) is 5.95. The molecule has 0 saturated heterocycles. The van der Waals surface area contributed by atoms with Crippen LogP contribution in [-0.2, 0) is 28.4 Å². The van der Waals surface area contributed by atoms with Gasteiger partial charge in [0, 0.05) is 20.6 Å². The Kier molecular flexibility index (Phi) is 4.63. The summed E-state index contributed by atoms with van der Waals surface area (Å²) in [6.45, 7) is 2.01. The molecule has 0 saturated carbocycles. The van der Waals surface area contributed by atoms with Gasteiger partial charge in [-0.25, -0.2) is 4.79 Å². The van der Waals surface area contributed by atoms with Crippen LogP contribution in [0.4, 0.5) is 11.5 Å². The van der Waals surface area contributed by atoms with Crippen molar-refractivity contribution in [2.45, 2.75) is 17.9 Å². The molecule has 9 nitrogen and oxygen atoms in total. The van der Waals surface area contributed by atoms with Gasteiger partial charge in [0.2, 0.25) is 0 Å². The van der Waals surface area contributed by atoms with Crippen molar-refractivity contribution in [3.05, 3.63) is 50.7 Å². The molecule has 0 bridgehead atoms. The molecule has 0 spiro atoms. The van der Waals surface area contributed by atoms with Gasteiger partial charge >= 0.3 is 5.69 Å². The number of anilines is 2.